The Hall–Kier alpha value is -5.38. The molecule has 1 aromatic heterocycles. The van der Waals surface area contributed by atoms with Crippen LogP contribution >= 0.6 is 0 Å². The van der Waals surface area contributed by atoms with Gasteiger partial charge < -0.3 is 30.1 Å². The molecular weight excluding hydrogens is 536 g/mol. The maximum absolute atomic E-state index is 13.4. The van der Waals surface area contributed by atoms with Gasteiger partial charge in [-0.25, -0.2) is 9.59 Å². The third kappa shape index (κ3) is 8.31. The third-order valence-corrected chi connectivity index (χ3v) is 6.47. The van der Waals surface area contributed by atoms with Crippen LogP contribution in [0.3, 0.4) is 0 Å². The highest BCUT2D eigenvalue weighted by Gasteiger charge is 2.17. The second-order valence-electron chi connectivity index (χ2n) is 9.45. The summed E-state index contributed by atoms with van der Waals surface area (Å²) in [5.41, 5.74) is 3.90. The number of hydrogen-bond donors (Lipinski definition) is 3. The zero-order valence-corrected chi connectivity index (χ0v) is 23.4. The van der Waals surface area contributed by atoms with Crippen LogP contribution < -0.4 is 20.1 Å². The highest BCUT2D eigenvalue weighted by atomic mass is 16.5. The number of nitrogens with zero attached hydrogens (tertiary/aromatic N) is 2. The highest BCUT2D eigenvalue weighted by molar-refractivity contribution is 6.01. The molecule has 42 heavy (non-hydrogen) atoms. The number of ether oxygens (including phenoxy) is 2. The first-order valence-electron chi connectivity index (χ1n) is 13.3. The average molecular weight is 569 g/mol. The van der Waals surface area contributed by atoms with E-state index in [0.717, 1.165) is 11.1 Å². The van der Waals surface area contributed by atoms with E-state index in [4.69, 9.17) is 14.6 Å². The van der Waals surface area contributed by atoms with E-state index in [9.17, 15) is 14.4 Å². The second-order valence-corrected chi connectivity index (χ2v) is 9.45. The molecule has 1 heterocycles. The van der Waals surface area contributed by atoms with Crippen molar-refractivity contribution in [3.05, 3.63) is 114 Å². The van der Waals surface area contributed by atoms with E-state index >= 15 is 0 Å². The van der Waals surface area contributed by atoms with Crippen molar-refractivity contribution in [1.29, 1.82) is 0 Å². The number of carboxylic acids is 1. The number of aryl methyl sites for hydroxylation is 1. The van der Waals surface area contributed by atoms with E-state index in [1.54, 1.807) is 47.6 Å². The smallest absolute Gasteiger partial charge is 0.335 e. The number of nitrogens with one attached hydrogen (secondary N) is 2. The van der Waals surface area contributed by atoms with Crippen LogP contribution in [0.15, 0.2) is 91.3 Å². The first-order valence-corrected chi connectivity index (χ1v) is 13.3. The molecule has 0 aliphatic heterocycles. The zero-order valence-electron chi connectivity index (χ0n) is 23.4. The van der Waals surface area contributed by atoms with Gasteiger partial charge >= 0.3 is 12.0 Å². The predicted molar refractivity (Wildman–Crippen MR) is 159 cm³/mol. The van der Waals surface area contributed by atoms with Crippen LogP contribution in [0, 0.1) is 6.92 Å². The first kappa shape index (κ1) is 29.6. The van der Waals surface area contributed by atoms with Gasteiger partial charge in [0.1, 0.15) is 18.1 Å². The van der Waals surface area contributed by atoms with Crippen LogP contribution in [0.2, 0.25) is 0 Å². The minimum Gasteiger partial charge on any atom is -0.495 e. The number of urea groups is 1. The minimum atomic E-state index is -1.01. The molecule has 0 radical (unpaired) electrons. The third-order valence-electron chi connectivity index (χ3n) is 6.47. The van der Waals surface area contributed by atoms with Crippen molar-refractivity contribution in [1.82, 2.24) is 9.88 Å². The van der Waals surface area contributed by atoms with E-state index in [1.807, 2.05) is 43.3 Å². The number of hydrogen-bond acceptors (Lipinski definition) is 6. The summed E-state index contributed by atoms with van der Waals surface area (Å²) in [5, 5.41) is 14.7. The molecule has 216 valence electrons. The molecule has 10 nitrogen and oxygen atoms in total. The second kappa shape index (κ2) is 14.3. The fourth-order valence-corrected chi connectivity index (χ4v) is 4.19. The van der Waals surface area contributed by atoms with Gasteiger partial charge in [0.2, 0.25) is 5.91 Å². The summed E-state index contributed by atoms with van der Waals surface area (Å²) in [6.45, 7) is 2.78. The van der Waals surface area contributed by atoms with Gasteiger partial charge in [-0.05, 0) is 78.2 Å². The standard InChI is InChI=1S/C32H32N4O6/c1-22-5-3-4-6-27(22)34-32(40)35-28-12-7-24(19-29(28)41-2)20-30(37)36(21-23-13-15-33-16-14-23)17-18-42-26-10-8-25(9-11-26)31(38)39/h3-16,19H,17-18,20-21H2,1-2H3,(H,38,39)(H2,34,35,40). The predicted octanol–water partition coefficient (Wildman–Crippen LogP) is 5.39. The van der Waals surface area contributed by atoms with Gasteiger partial charge in [-0.2, -0.15) is 0 Å². The summed E-state index contributed by atoms with van der Waals surface area (Å²) in [6.07, 6.45) is 3.44. The zero-order chi connectivity index (χ0) is 29.9. The molecule has 0 saturated carbocycles. The van der Waals surface area contributed by atoms with E-state index in [-0.39, 0.29) is 24.5 Å². The number of carbonyl (C=O) groups is 3. The number of benzene rings is 3. The van der Waals surface area contributed by atoms with E-state index in [0.29, 0.717) is 41.5 Å². The molecule has 4 rings (SSSR count). The Morgan fingerprint density at radius 1 is 0.881 bits per heavy atom. The molecule has 0 spiro atoms. The Bertz CT molecular complexity index is 1530. The van der Waals surface area contributed by atoms with Gasteiger partial charge in [-0.3, -0.25) is 9.78 Å². The van der Waals surface area contributed by atoms with Crippen molar-refractivity contribution in [2.45, 2.75) is 19.9 Å². The quantitative estimate of drug-likeness (QED) is 0.209. The Morgan fingerprint density at radius 2 is 1.60 bits per heavy atom. The number of para-hydroxylation sites is 1. The van der Waals surface area contributed by atoms with Crippen molar-refractivity contribution in [2.75, 3.05) is 30.9 Å². The maximum atomic E-state index is 13.4. The van der Waals surface area contributed by atoms with Crippen molar-refractivity contribution in [3.63, 3.8) is 0 Å². The summed E-state index contributed by atoms with van der Waals surface area (Å²) in [7, 11) is 1.50. The molecule has 3 amide bonds. The average Bonchev–Trinajstić information content (AvgIpc) is 2.99. The first-order chi connectivity index (χ1) is 20.3. The fourth-order valence-electron chi connectivity index (χ4n) is 4.19. The summed E-state index contributed by atoms with van der Waals surface area (Å²) in [4.78, 5) is 42.9. The van der Waals surface area contributed by atoms with E-state index in [2.05, 4.69) is 15.6 Å². The SMILES string of the molecule is COc1cc(CC(=O)N(CCOc2ccc(C(=O)O)cc2)Cc2ccncc2)ccc1NC(=O)Nc1ccccc1C. The number of aromatic carboxylic acids is 1. The van der Waals surface area contributed by atoms with Crippen LogP contribution in [-0.2, 0) is 17.8 Å². The summed E-state index contributed by atoms with van der Waals surface area (Å²) in [5.74, 6) is -0.206. The summed E-state index contributed by atoms with van der Waals surface area (Å²) in [6, 6.07) is 22.1. The van der Waals surface area contributed by atoms with Crippen molar-refractivity contribution < 1.29 is 29.0 Å². The van der Waals surface area contributed by atoms with Crippen LogP contribution in [-0.4, -0.2) is 53.2 Å². The molecule has 0 unspecified atom stereocenters. The molecular formula is C32H32N4O6. The van der Waals surface area contributed by atoms with Gasteiger partial charge in [0.15, 0.2) is 0 Å². The molecule has 0 fully saturated rings. The van der Waals surface area contributed by atoms with Gasteiger partial charge in [-0.15, -0.1) is 0 Å². The van der Waals surface area contributed by atoms with Crippen LogP contribution in [0.1, 0.15) is 27.0 Å². The lowest BCUT2D eigenvalue weighted by Crippen LogP contribution is -2.35. The summed E-state index contributed by atoms with van der Waals surface area (Å²) < 4.78 is 11.3. The number of carboxylic acid groups (broad SMARTS) is 1. The number of pyridine rings is 1. The van der Waals surface area contributed by atoms with Crippen LogP contribution in [0.4, 0.5) is 16.2 Å². The number of anilines is 2. The Labute approximate surface area is 243 Å². The molecule has 0 bridgehead atoms. The van der Waals surface area contributed by atoms with Gasteiger partial charge in [0.05, 0.1) is 31.3 Å². The fraction of sp³-hybridized carbons (Fsp3) is 0.188. The Morgan fingerprint density at radius 3 is 2.29 bits per heavy atom. The number of amides is 3. The monoisotopic (exact) mass is 568 g/mol. The number of carbonyl (C=O) groups excluding carboxylic acids is 2. The Kier molecular flexibility index (Phi) is 10.1. The molecule has 10 heteroatoms. The number of methoxy groups -OCH3 is 1. The normalized spacial score (nSPS) is 10.4. The maximum Gasteiger partial charge on any atom is 0.335 e. The lowest BCUT2D eigenvalue weighted by Gasteiger charge is -2.23. The largest absolute Gasteiger partial charge is 0.495 e. The number of aromatic nitrogens is 1. The lowest BCUT2D eigenvalue weighted by molar-refractivity contribution is -0.131. The van der Waals surface area contributed by atoms with Gasteiger partial charge in [0.25, 0.3) is 0 Å². The number of rotatable bonds is 12. The highest BCUT2D eigenvalue weighted by Crippen LogP contribution is 2.27. The molecule has 4 aromatic rings. The lowest BCUT2D eigenvalue weighted by atomic mass is 10.1. The molecule has 3 N–H and O–H groups in total. The Balaban J connectivity index is 1.41. The van der Waals surface area contributed by atoms with Crippen LogP contribution in [0.5, 0.6) is 11.5 Å². The van der Waals surface area contributed by atoms with Gasteiger partial charge in [-0.1, -0.05) is 24.3 Å². The van der Waals surface area contributed by atoms with Crippen molar-refractivity contribution >= 4 is 29.3 Å². The molecule has 0 aliphatic carbocycles. The van der Waals surface area contributed by atoms with Crippen molar-refractivity contribution in [3.8, 4) is 11.5 Å². The topological polar surface area (TPSA) is 130 Å². The van der Waals surface area contributed by atoms with E-state index < -0.39 is 12.0 Å². The minimum absolute atomic E-state index is 0.102. The van der Waals surface area contributed by atoms with Crippen LogP contribution in [0.25, 0.3) is 0 Å². The molecule has 3 aromatic carbocycles. The summed E-state index contributed by atoms with van der Waals surface area (Å²) >= 11 is 0. The van der Waals surface area contributed by atoms with E-state index in [1.165, 1.54) is 19.2 Å². The van der Waals surface area contributed by atoms with Crippen molar-refractivity contribution in [2.24, 2.45) is 0 Å². The molecule has 0 saturated heterocycles. The molecule has 0 atom stereocenters. The van der Waals surface area contributed by atoms with Gasteiger partial charge in [0, 0.05) is 24.6 Å². The molecule has 0 aliphatic rings.